The van der Waals surface area contributed by atoms with Gasteiger partial charge in [0, 0.05) is 18.0 Å². The molecule has 3 aromatic rings. The number of nitrogens with zero attached hydrogens (tertiary/aromatic N) is 3. The van der Waals surface area contributed by atoms with Crippen LogP contribution in [-0.2, 0) is 5.60 Å². The van der Waals surface area contributed by atoms with Gasteiger partial charge < -0.3 is 9.52 Å². The molecule has 0 fully saturated rings. The van der Waals surface area contributed by atoms with Crippen molar-refractivity contribution in [2.45, 2.75) is 19.4 Å². The summed E-state index contributed by atoms with van der Waals surface area (Å²) >= 11 is 0. The molecule has 3 rings (SSSR count). The molecular formula is C16H15N3O2. The summed E-state index contributed by atoms with van der Waals surface area (Å²) in [6.07, 6.45) is 4.94. The normalized spacial score (nSPS) is 11.6. The average Bonchev–Trinajstić information content (AvgIpc) is 2.97. The molecule has 0 aromatic carbocycles. The molecule has 0 aliphatic heterocycles. The lowest BCUT2D eigenvalue weighted by Crippen LogP contribution is -2.17. The molecule has 21 heavy (non-hydrogen) atoms. The Morgan fingerprint density at radius 2 is 1.90 bits per heavy atom. The van der Waals surface area contributed by atoms with Gasteiger partial charge >= 0.3 is 0 Å². The van der Waals surface area contributed by atoms with Crippen molar-refractivity contribution < 1.29 is 9.52 Å². The van der Waals surface area contributed by atoms with E-state index < -0.39 is 5.60 Å². The predicted octanol–water partition coefficient (Wildman–Crippen LogP) is 3.03. The standard InChI is InChI=1S/C16H15N3O2/c1-16(2,20)14-7-6-11(9-18-14)13-10-21-15(19-13)12-5-3-4-8-17-12/h3-10,20H,1-2H3. The molecule has 5 heteroatoms. The molecule has 0 unspecified atom stereocenters. The monoisotopic (exact) mass is 281 g/mol. The second-order valence-electron chi connectivity index (χ2n) is 5.24. The first-order chi connectivity index (χ1) is 10.0. The van der Waals surface area contributed by atoms with Crippen molar-refractivity contribution in [3.63, 3.8) is 0 Å². The van der Waals surface area contributed by atoms with Crippen LogP contribution in [0.3, 0.4) is 0 Å². The van der Waals surface area contributed by atoms with E-state index in [1.165, 1.54) is 0 Å². The van der Waals surface area contributed by atoms with Crippen LogP contribution in [0.4, 0.5) is 0 Å². The Labute approximate surface area is 122 Å². The first-order valence-corrected chi connectivity index (χ1v) is 6.60. The van der Waals surface area contributed by atoms with E-state index in [4.69, 9.17) is 4.42 Å². The molecule has 106 valence electrons. The summed E-state index contributed by atoms with van der Waals surface area (Å²) in [6.45, 7) is 3.40. The molecule has 0 amide bonds. The van der Waals surface area contributed by atoms with E-state index in [1.54, 1.807) is 38.6 Å². The van der Waals surface area contributed by atoms with Gasteiger partial charge in [-0.3, -0.25) is 9.97 Å². The first kappa shape index (κ1) is 13.5. The molecule has 1 N–H and O–H groups in total. The van der Waals surface area contributed by atoms with Crippen LogP contribution in [0.25, 0.3) is 22.8 Å². The zero-order valence-electron chi connectivity index (χ0n) is 11.8. The lowest BCUT2D eigenvalue weighted by Gasteiger charge is -2.16. The number of hydrogen-bond acceptors (Lipinski definition) is 5. The third kappa shape index (κ3) is 2.83. The van der Waals surface area contributed by atoms with Crippen LogP contribution in [0, 0.1) is 0 Å². The fourth-order valence-corrected chi connectivity index (χ4v) is 1.92. The van der Waals surface area contributed by atoms with Crippen LogP contribution in [0.2, 0.25) is 0 Å². The molecule has 0 bridgehead atoms. The summed E-state index contributed by atoms with van der Waals surface area (Å²) in [4.78, 5) is 12.9. The van der Waals surface area contributed by atoms with Gasteiger partial charge in [0.1, 0.15) is 23.3 Å². The summed E-state index contributed by atoms with van der Waals surface area (Å²) in [5.41, 5.74) is 1.85. The van der Waals surface area contributed by atoms with E-state index in [2.05, 4.69) is 15.0 Å². The highest BCUT2D eigenvalue weighted by atomic mass is 16.3. The Kier molecular flexibility index (Phi) is 3.27. The van der Waals surface area contributed by atoms with E-state index in [0.717, 1.165) is 5.56 Å². The third-order valence-electron chi connectivity index (χ3n) is 3.07. The van der Waals surface area contributed by atoms with Crippen LogP contribution in [0.5, 0.6) is 0 Å². The topological polar surface area (TPSA) is 72.0 Å². The van der Waals surface area contributed by atoms with Gasteiger partial charge in [0.05, 0.1) is 5.69 Å². The quantitative estimate of drug-likeness (QED) is 0.799. The molecule has 5 nitrogen and oxygen atoms in total. The molecule has 0 aliphatic carbocycles. The van der Waals surface area contributed by atoms with Crippen molar-refractivity contribution in [3.05, 3.63) is 54.7 Å². The fraction of sp³-hybridized carbons (Fsp3) is 0.188. The zero-order valence-corrected chi connectivity index (χ0v) is 11.8. The van der Waals surface area contributed by atoms with Crippen molar-refractivity contribution >= 4 is 0 Å². The van der Waals surface area contributed by atoms with Gasteiger partial charge in [-0.25, -0.2) is 4.98 Å². The van der Waals surface area contributed by atoms with Crippen LogP contribution in [-0.4, -0.2) is 20.1 Å². The zero-order chi connectivity index (χ0) is 14.9. The highest BCUT2D eigenvalue weighted by Gasteiger charge is 2.17. The number of pyridine rings is 2. The second-order valence-corrected chi connectivity index (χ2v) is 5.24. The number of rotatable bonds is 3. The summed E-state index contributed by atoms with van der Waals surface area (Å²) < 4.78 is 5.45. The highest BCUT2D eigenvalue weighted by Crippen LogP contribution is 2.24. The molecule has 3 aromatic heterocycles. The average molecular weight is 281 g/mol. The van der Waals surface area contributed by atoms with E-state index in [1.807, 2.05) is 24.3 Å². The van der Waals surface area contributed by atoms with Gasteiger partial charge in [-0.15, -0.1) is 0 Å². The Morgan fingerprint density at radius 1 is 1.05 bits per heavy atom. The van der Waals surface area contributed by atoms with Gasteiger partial charge in [0.15, 0.2) is 0 Å². The van der Waals surface area contributed by atoms with Crippen molar-refractivity contribution in [1.82, 2.24) is 15.0 Å². The number of aliphatic hydroxyl groups is 1. The Morgan fingerprint density at radius 3 is 2.52 bits per heavy atom. The minimum atomic E-state index is -0.957. The maximum atomic E-state index is 9.90. The maximum Gasteiger partial charge on any atom is 0.245 e. The second kappa shape index (κ2) is 5.10. The summed E-state index contributed by atoms with van der Waals surface area (Å²) in [7, 11) is 0. The number of oxazole rings is 1. The lowest BCUT2D eigenvalue weighted by atomic mass is 10.0. The van der Waals surface area contributed by atoms with E-state index >= 15 is 0 Å². The SMILES string of the molecule is CC(C)(O)c1ccc(-c2coc(-c3ccccn3)n2)cn1. The minimum Gasteiger partial charge on any atom is -0.443 e. The van der Waals surface area contributed by atoms with Gasteiger partial charge in [0.2, 0.25) is 5.89 Å². The molecule has 0 saturated carbocycles. The van der Waals surface area contributed by atoms with Gasteiger partial charge in [-0.05, 0) is 38.1 Å². The van der Waals surface area contributed by atoms with Crippen molar-refractivity contribution in [2.24, 2.45) is 0 Å². The lowest BCUT2D eigenvalue weighted by molar-refractivity contribution is 0.0739. The Balaban J connectivity index is 1.90. The van der Waals surface area contributed by atoms with E-state index in [-0.39, 0.29) is 0 Å². The van der Waals surface area contributed by atoms with Crippen LogP contribution in [0.1, 0.15) is 19.5 Å². The maximum absolute atomic E-state index is 9.90. The highest BCUT2D eigenvalue weighted by molar-refractivity contribution is 5.60. The molecule has 3 heterocycles. The minimum absolute atomic E-state index is 0.470. The Bertz CT molecular complexity index is 728. The summed E-state index contributed by atoms with van der Waals surface area (Å²) in [6, 6.07) is 9.20. The molecule has 0 aliphatic rings. The summed E-state index contributed by atoms with van der Waals surface area (Å²) in [5, 5.41) is 9.90. The van der Waals surface area contributed by atoms with Gasteiger partial charge in [-0.2, -0.15) is 0 Å². The largest absolute Gasteiger partial charge is 0.443 e. The number of hydrogen-bond donors (Lipinski definition) is 1. The Hall–Kier alpha value is -2.53. The third-order valence-corrected chi connectivity index (χ3v) is 3.07. The van der Waals surface area contributed by atoms with Crippen molar-refractivity contribution in [2.75, 3.05) is 0 Å². The van der Waals surface area contributed by atoms with Crippen LogP contribution >= 0.6 is 0 Å². The fourth-order valence-electron chi connectivity index (χ4n) is 1.92. The summed E-state index contributed by atoms with van der Waals surface area (Å²) in [5.74, 6) is 0.470. The van der Waals surface area contributed by atoms with E-state index in [9.17, 15) is 5.11 Å². The molecule has 0 saturated heterocycles. The van der Waals surface area contributed by atoms with Crippen LogP contribution < -0.4 is 0 Å². The van der Waals surface area contributed by atoms with Crippen molar-refractivity contribution in [3.8, 4) is 22.8 Å². The molecule has 0 spiro atoms. The van der Waals surface area contributed by atoms with Crippen LogP contribution in [0.15, 0.2) is 53.4 Å². The smallest absolute Gasteiger partial charge is 0.245 e. The van der Waals surface area contributed by atoms with Crippen molar-refractivity contribution in [1.29, 1.82) is 0 Å². The van der Waals surface area contributed by atoms with Gasteiger partial charge in [0.25, 0.3) is 0 Å². The molecular weight excluding hydrogens is 266 g/mol. The first-order valence-electron chi connectivity index (χ1n) is 6.60. The molecule has 0 atom stereocenters. The number of aromatic nitrogens is 3. The van der Waals surface area contributed by atoms with Gasteiger partial charge in [-0.1, -0.05) is 6.07 Å². The predicted molar refractivity (Wildman–Crippen MR) is 78.2 cm³/mol. The molecule has 0 radical (unpaired) electrons. The van der Waals surface area contributed by atoms with E-state index in [0.29, 0.717) is 23.0 Å².